The Bertz CT molecular complexity index is 956. The van der Waals surface area contributed by atoms with Gasteiger partial charge in [-0.25, -0.2) is 9.97 Å². The van der Waals surface area contributed by atoms with E-state index in [0.29, 0.717) is 5.92 Å². The minimum atomic E-state index is 0.544. The van der Waals surface area contributed by atoms with Crippen LogP contribution in [0.3, 0.4) is 0 Å². The molecule has 1 N–H and O–H groups in total. The van der Waals surface area contributed by atoms with Gasteiger partial charge < -0.3 is 10.2 Å². The zero-order valence-electron chi connectivity index (χ0n) is 18.7. The first kappa shape index (κ1) is 22.0. The van der Waals surface area contributed by atoms with Crippen LogP contribution in [-0.4, -0.2) is 41.0 Å². The number of rotatable bonds is 10. The number of fused-ring (bicyclic) bond motifs is 1. The Morgan fingerprint density at radius 3 is 2.37 bits per heavy atom. The van der Waals surface area contributed by atoms with Gasteiger partial charge >= 0.3 is 0 Å². The number of hydrogen-bond acceptors (Lipinski definition) is 4. The van der Waals surface area contributed by atoms with Crippen molar-refractivity contribution in [1.29, 1.82) is 0 Å². The minimum absolute atomic E-state index is 0.544. The minimum Gasteiger partial charge on any atom is -0.369 e. The summed E-state index contributed by atoms with van der Waals surface area (Å²) in [4.78, 5) is 12.0. The normalized spacial score (nSPS) is 11.8. The molecule has 4 nitrogen and oxygen atoms in total. The molecule has 2 aromatic carbocycles. The van der Waals surface area contributed by atoms with Crippen LogP contribution in [0.4, 0.5) is 5.82 Å². The summed E-state index contributed by atoms with van der Waals surface area (Å²) >= 11 is 0. The average molecular weight is 403 g/mol. The second kappa shape index (κ2) is 10.9. The van der Waals surface area contributed by atoms with Gasteiger partial charge in [0, 0.05) is 11.9 Å². The molecule has 0 saturated heterocycles. The number of nitrogens with one attached hydrogen (secondary N) is 1. The second-order valence-corrected chi connectivity index (χ2v) is 7.91. The van der Waals surface area contributed by atoms with Crippen molar-refractivity contribution in [3.8, 4) is 0 Å². The molecule has 0 radical (unpaired) electrons. The van der Waals surface area contributed by atoms with Gasteiger partial charge in [-0.15, -0.1) is 0 Å². The van der Waals surface area contributed by atoms with Crippen molar-refractivity contribution >= 4 is 28.9 Å². The first-order valence-electron chi connectivity index (χ1n) is 11.1. The van der Waals surface area contributed by atoms with Crippen LogP contribution >= 0.6 is 0 Å². The maximum atomic E-state index is 4.80. The summed E-state index contributed by atoms with van der Waals surface area (Å²) in [6, 6.07) is 16.9. The summed E-state index contributed by atoms with van der Waals surface area (Å²) in [6.07, 6.45) is 5.17. The van der Waals surface area contributed by atoms with Gasteiger partial charge in [0.15, 0.2) is 5.82 Å². The van der Waals surface area contributed by atoms with Gasteiger partial charge in [-0.05, 0) is 61.3 Å². The third kappa shape index (κ3) is 5.90. The summed E-state index contributed by atoms with van der Waals surface area (Å²) in [7, 11) is 0. The molecule has 0 unspecified atom stereocenters. The Balaban J connectivity index is 1.75. The fourth-order valence-electron chi connectivity index (χ4n) is 3.52. The van der Waals surface area contributed by atoms with Gasteiger partial charge in [-0.1, -0.05) is 70.2 Å². The van der Waals surface area contributed by atoms with Crippen LogP contribution in [0, 0.1) is 0 Å². The Morgan fingerprint density at radius 1 is 0.933 bits per heavy atom. The Labute approximate surface area is 181 Å². The Hall–Kier alpha value is -2.72. The molecule has 3 rings (SSSR count). The average Bonchev–Trinajstić information content (AvgIpc) is 2.78. The van der Waals surface area contributed by atoms with Crippen molar-refractivity contribution in [2.45, 2.75) is 40.0 Å². The maximum Gasteiger partial charge on any atom is 0.154 e. The van der Waals surface area contributed by atoms with Crippen molar-refractivity contribution in [3.05, 3.63) is 65.5 Å². The van der Waals surface area contributed by atoms with E-state index in [2.05, 4.69) is 74.3 Å². The van der Waals surface area contributed by atoms with E-state index in [-0.39, 0.29) is 0 Å². The van der Waals surface area contributed by atoms with Crippen molar-refractivity contribution in [3.63, 3.8) is 0 Å². The summed E-state index contributed by atoms with van der Waals surface area (Å²) in [5, 5.41) is 4.61. The SMILES string of the molecule is CCN(CC)CCCNc1nc(/C=C/c2ccc(C(C)C)cc2)nc2ccccc12. The lowest BCUT2D eigenvalue weighted by Crippen LogP contribution is -2.25. The van der Waals surface area contributed by atoms with Gasteiger partial charge in [0.2, 0.25) is 0 Å². The van der Waals surface area contributed by atoms with E-state index in [0.717, 1.165) is 60.7 Å². The zero-order chi connectivity index (χ0) is 21.3. The summed E-state index contributed by atoms with van der Waals surface area (Å²) in [5.41, 5.74) is 3.48. The number of anilines is 1. The topological polar surface area (TPSA) is 41.0 Å². The molecule has 30 heavy (non-hydrogen) atoms. The van der Waals surface area contributed by atoms with Crippen LogP contribution in [0.1, 0.15) is 57.0 Å². The van der Waals surface area contributed by atoms with E-state index in [1.54, 1.807) is 0 Å². The lowest BCUT2D eigenvalue weighted by molar-refractivity contribution is 0.303. The predicted molar refractivity (Wildman–Crippen MR) is 130 cm³/mol. The third-order valence-electron chi connectivity index (χ3n) is 5.49. The van der Waals surface area contributed by atoms with E-state index >= 15 is 0 Å². The molecule has 0 amide bonds. The van der Waals surface area contributed by atoms with Crippen LogP contribution in [0.2, 0.25) is 0 Å². The van der Waals surface area contributed by atoms with E-state index in [1.807, 2.05) is 24.3 Å². The van der Waals surface area contributed by atoms with Gasteiger partial charge in [0.25, 0.3) is 0 Å². The van der Waals surface area contributed by atoms with Crippen molar-refractivity contribution in [1.82, 2.24) is 14.9 Å². The quantitative estimate of drug-likeness (QED) is 0.418. The van der Waals surface area contributed by atoms with Gasteiger partial charge in [-0.3, -0.25) is 0 Å². The van der Waals surface area contributed by atoms with Crippen LogP contribution in [0.15, 0.2) is 48.5 Å². The van der Waals surface area contributed by atoms with Gasteiger partial charge in [0.05, 0.1) is 5.52 Å². The lowest BCUT2D eigenvalue weighted by Gasteiger charge is -2.18. The highest BCUT2D eigenvalue weighted by Crippen LogP contribution is 2.21. The second-order valence-electron chi connectivity index (χ2n) is 7.91. The summed E-state index contributed by atoms with van der Waals surface area (Å²) in [6.45, 7) is 13.0. The van der Waals surface area contributed by atoms with Crippen molar-refractivity contribution in [2.75, 3.05) is 31.5 Å². The zero-order valence-corrected chi connectivity index (χ0v) is 18.7. The van der Waals surface area contributed by atoms with E-state index in [4.69, 9.17) is 9.97 Å². The Morgan fingerprint density at radius 2 is 1.67 bits per heavy atom. The molecule has 0 aliphatic rings. The van der Waals surface area contributed by atoms with Gasteiger partial charge in [0.1, 0.15) is 5.82 Å². The lowest BCUT2D eigenvalue weighted by atomic mass is 10.0. The first-order valence-corrected chi connectivity index (χ1v) is 11.1. The molecule has 158 valence electrons. The molecule has 0 atom stereocenters. The highest BCUT2D eigenvalue weighted by atomic mass is 15.1. The molecule has 1 aromatic heterocycles. The third-order valence-corrected chi connectivity index (χ3v) is 5.49. The van der Waals surface area contributed by atoms with Crippen LogP contribution in [0.5, 0.6) is 0 Å². The van der Waals surface area contributed by atoms with Crippen LogP contribution in [-0.2, 0) is 0 Å². The summed E-state index contributed by atoms with van der Waals surface area (Å²) < 4.78 is 0. The predicted octanol–water partition coefficient (Wildman–Crippen LogP) is 6.07. The highest BCUT2D eigenvalue weighted by molar-refractivity contribution is 5.90. The molecule has 0 fully saturated rings. The molecular weight excluding hydrogens is 368 g/mol. The monoisotopic (exact) mass is 402 g/mol. The van der Waals surface area contributed by atoms with Gasteiger partial charge in [-0.2, -0.15) is 0 Å². The largest absolute Gasteiger partial charge is 0.369 e. The number of nitrogens with zero attached hydrogens (tertiary/aromatic N) is 3. The molecule has 0 aliphatic heterocycles. The number of para-hydroxylation sites is 1. The fourth-order valence-corrected chi connectivity index (χ4v) is 3.52. The van der Waals surface area contributed by atoms with Crippen molar-refractivity contribution < 1.29 is 0 Å². The summed E-state index contributed by atoms with van der Waals surface area (Å²) in [5.74, 6) is 2.19. The molecule has 0 aliphatic carbocycles. The van der Waals surface area contributed by atoms with Crippen molar-refractivity contribution in [2.24, 2.45) is 0 Å². The van der Waals surface area contributed by atoms with E-state index in [9.17, 15) is 0 Å². The number of benzene rings is 2. The molecule has 1 heterocycles. The smallest absolute Gasteiger partial charge is 0.154 e. The standard InChI is InChI=1S/C26H34N4/c1-5-30(6-2)19-9-18-27-26-23-10-7-8-11-24(23)28-25(29-26)17-14-21-12-15-22(16-13-21)20(3)4/h7-8,10-17,20H,5-6,9,18-19H2,1-4H3,(H,27,28,29)/b17-14+. The molecule has 0 spiro atoms. The number of aromatic nitrogens is 2. The Kier molecular flexibility index (Phi) is 7.97. The number of hydrogen-bond donors (Lipinski definition) is 1. The molecule has 3 aromatic rings. The molecule has 4 heteroatoms. The van der Waals surface area contributed by atoms with Crippen LogP contribution < -0.4 is 5.32 Å². The fraction of sp³-hybridized carbons (Fsp3) is 0.385. The van der Waals surface area contributed by atoms with E-state index < -0.39 is 0 Å². The highest BCUT2D eigenvalue weighted by Gasteiger charge is 2.06. The molecular formula is C26H34N4. The molecule has 0 saturated carbocycles. The van der Waals surface area contributed by atoms with E-state index in [1.165, 1.54) is 5.56 Å². The maximum absolute atomic E-state index is 4.80. The first-order chi connectivity index (χ1) is 14.6. The van der Waals surface area contributed by atoms with Crippen LogP contribution in [0.25, 0.3) is 23.1 Å². The molecule has 0 bridgehead atoms.